The lowest BCUT2D eigenvalue weighted by Gasteiger charge is -2.15. The number of carbonyl (C=O) groups is 3. The van der Waals surface area contributed by atoms with Crippen molar-refractivity contribution in [1.29, 1.82) is 0 Å². The van der Waals surface area contributed by atoms with Gasteiger partial charge in [-0.25, -0.2) is 4.79 Å². The second kappa shape index (κ2) is 7.28. The minimum Gasteiger partial charge on any atom is -0.457 e. The van der Waals surface area contributed by atoms with Crippen molar-refractivity contribution in [2.24, 2.45) is 0 Å². The Hall–Kier alpha value is -4.51. The highest BCUT2D eigenvalue weighted by Gasteiger charge is 2.38. The third kappa shape index (κ3) is 2.90. The number of pyridine rings is 1. The van der Waals surface area contributed by atoms with Crippen molar-refractivity contribution in [3.05, 3.63) is 125 Å². The van der Waals surface area contributed by atoms with Gasteiger partial charge in [0.15, 0.2) is 5.78 Å². The Morgan fingerprint density at radius 1 is 0.758 bits per heavy atom. The van der Waals surface area contributed by atoms with Crippen LogP contribution in [-0.2, 0) is 11.3 Å². The maximum absolute atomic E-state index is 13.5. The molecule has 5 aromatic rings. The van der Waals surface area contributed by atoms with Crippen LogP contribution in [0.1, 0.15) is 47.9 Å². The van der Waals surface area contributed by atoms with Crippen LogP contribution in [0.25, 0.3) is 16.3 Å². The van der Waals surface area contributed by atoms with E-state index in [4.69, 9.17) is 4.74 Å². The van der Waals surface area contributed by atoms with Crippen LogP contribution in [0.3, 0.4) is 0 Å². The standard InChI is InChI=1S/C28H17NO4/c30-26-20-12-6-7-13-21(20)27(31)25-24(26)23(28(32)33-16-17-8-2-1-3-9-17)22-14-18-10-4-5-11-19(18)15-29(22)25/h1-15H,16H2. The van der Waals surface area contributed by atoms with E-state index in [0.717, 1.165) is 16.3 Å². The molecule has 0 aliphatic heterocycles. The third-order valence-corrected chi connectivity index (χ3v) is 6.08. The van der Waals surface area contributed by atoms with Gasteiger partial charge in [0.1, 0.15) is 12.3 Å². The van der Waals surface area contributed by atoms with Gasteiger partial charge in [0.2, 0.25) is 5.78 Å². The molecule has 2 heterocycles. The second-order valence-corrected chi connectivity index (χ2v) is 8.02. The lowest BCUT2D eigenvalue weighted by molar-refractivity contribution is 0.0472. The Labute approximate surface area is 188 Å². The average molecular weight is 431 g/mol. The molecule has 5 nitrogen and oxygen atoms in total. The summed E-state index contributed by atoms with van der Waals surface area (Å²) in [6, 6.07) is 25.5. The topological polar surface area (TPSA) is 64.8 Å². The van der Waals surface area contributed by atoms with Gasteiger partial charge >= 0.3 is 5.97 Å². The van der Waals surface area contributed by atoms with Crippen LogP contribution in [0, 0.1) is 0 Å². The number of esters is 1. The molecule has 0 unspecified atom stereocenters. The zero-order valence-corrected chi connectivity index (χ0v) is 17.4. The number of hydrogen-bond donors (Lipinski definition) is 0. The molecule has 5 heteroatoms. The first-order chi connectivity index (χ1) is 16.1. The predicted octanol–water partition coefficient (Wildman–Crippen LogP) is 5.22. The molecule has 33 heavy (non-hydrogen) atoms. The molecule has 2 aromatic heterocycles. The van der Waals surface area contributed by atoms with Crippen molar-refractivity contribution in [2.45, 2.75) is 6.61 Å². The largest absolute Gasteiger partial charge is 0.457 e. The molecule has 0 spiro atoms. The average Bonchev–Trinajstić information content (AvgIpc) is 3.19. The number of ketones is 2. The monoisotopic (exact) mass is 431 g/mol. The van der Waals surface area contributed by atoms with Gasteiger partial charge in [-0.15, -0.1) is 0 Å². The lowest BCUT2D eigenvalue weighted by atomic mass is 9.86. The lowest BCUT2D eigenvalue weighted by Crippen LogP contribution is -2.23. The molecule has 0 saturated carbocycles. The van der Waals surface area contributed by atoms with Crippen LogP contribution in [0.4, 0.5) is 0 Å². The van der Waals surface area contributed by atoms with Gasteiger partial charge < -0.3 is 9.14 Å². The summed E-state index contributed by atoms with van der Waals surface area (Å²) < 4.78 is 7.27. The Morgan fingerprint density at radius 2 is 1.39 bits per heavy atom. The number of aromatic nitrogens is 1. The first-order valence-corrected chi connectivity index (χ1v) is 10.6. The van der Waals surface area contributed by atoms with Crippen molar-refractivity contribution in [1.82, 2.24) is 4.40 Å². The highest BCUT2D eigenvalue weighted by molar-refractivity contribution is 6.32. The molecule has 0 saturated heterocycles. The zero-order chi connectivity index (χ0) is 22.5. The molecule has 0 fully saturated rings. The fourth-order valence-electron chi connectivity index (χ4n) is 4.52. The number of nitrogens with zero attached hydrogens (tertiary/aromatic N) is 1. The summed E-state index contributed by atoms with van der Waals surface area (Å²) in [6.45, 7) is 0.0676. The molecule has 1 aliphatic rings. The third-order valence-electron chi connectivity index (χ3n) is 6.08. The summed E-state index contributed by atoms with van der Waals surface area (Å²) in [5, 5.41) is 1.79. The summed E-state index contributed by atoms with van der Waals surface area (Å²) in [7, 11) is 0. The van der Waals surface area contributed by atoms with E-state index in [-0.39, 0.29) is 35.0 Å². The Kier molecular flexibility index (Phi) is 4.23. The van der Waals surface area contributed by atoms with Crippen LogP contribution < -0.4 is 0 Å². The van der Waals surface area contributed by atoms with Crippen molar-refractivity contribution < 1.29 is 19.1 Å². The number of carbonyl (C=O) groups excluding carboxylic acids is 3. The van der Waals surface area contributed by atoms with Crippen LogP contribution in [0.2, 0.25) is 0 Å². The Bertz CT molecular complexity index is 1610. The van der Waals surface area contributed by atoms with E-state index in [1.165, 1.54) is 0 Å². The van der Waals surface area contributed by atoms with E-state index in [2.05, 4.69) is 0 Å². The maximum Gasteiger partial charge on any atom is 0.341 e. The van der Waals surface area contributed by atoms with Gasteiger partial charge in [0, 0.05) is 17.3 Å². The minimum absolute atomic E-state index is 0.0676. The number of ether oxygens (including phenoxy) is 1. The van der Waals surface area contributed by atoms with Crippen LogP contribution in [0.15, 0.2) is 91.1 Å². The highest BCUT2D eigenvalue weighted by atomic mass is 16.5. The molecule has 0 N–H and O–H groups in total. The summed E-state index contributed by atoms with van der Waals surface area (Å²) in [4.78, 5) is 40.4. The number of rotatable bonds is 3. The zero-order valence-electron chi connectivity index (χ0n) is 17.4. The van der Waals surface area contributed by atoms with E-state index in [1.54, 1.807) is 34.9 Å². The summed E-state index contributed by atoms with van der Waals surface area (Å²) in [5.41, 5.74) is 2.38. The number of fused-ring (bicyclic) bond motifs is 5. The second-order valence-electron chi connectivity index (χ2n) is 8.02. The molecule has 0 radical (unpaired) electrons. The van der Waals surface area contributed by atoms with E-state index in [1.807, 2.05) is 60.7 Å². The van der Waals surface area contributed by atoms with Crippen LogP contribution in [0.5, 0.6) is 0 Å². The van der Waals surface area contributed by atoms with Crippen molar-refractivity contribution in [3.63, 3.8) is 0 Å². The normalized spacial score (nSPS) is 12.6. The Morgan fingerprint density at radius 3 is 2.15 bits per heavy atom. The summed E-state index contributed by atoms with van der Waals surface area (Å²) >= 11 is 0. The van der Waals surface area contributed by atoms with E-state index < -0.39 is 5.97 Å². The van der Waals surface area contributed by atoms with Crippen LogP contribution >= 0.6 is 0 Å². The fraction of sp³-hybridized carbons (Fsp3) is 0.0357. The maximum atomic E-state index is 13.5. The molecule has 158 valence electrons. The summed E-state index contributed by atoms with van der Waals surface area (Å²) in [5.74, 6) is -1.26. The Balaban J connectivity index is 1.59. The molecule has 0 bridgehead atoms. The number of hydrogen-bond acceptors (Lipinski definition) is 4. The van der Waals surface area contributed by atoms with Gasteiger partial charge in [0.05, 0.1) is 16.6 Å². The van der Waals surface area contributed by atoms with Gasteiger partial charge in [0.25, 0.3) is 0 Å². The van der Waals surface area contributed by atoms with E-state index >= 15 is 0 Å². The molecule has 6 rings (SSSR count). The van der Waals surface area contributed by atoms with E-state index in [9.17, 15) is 14.4 Å². The molecule has 0 amide bonds. The molecule has 0 atom stereocenters. The van der Waals surface area contributed by atoms with Gasteiger partial charge in [-0.1, -0.05) is 78.9 Å². The quantitative estimate of drug-likeness (QED) is 0.360. The highest BCUT2D eigenvalue weighted by Crippen LogP contribution is 2.35. The SMILES string of the molecule is O=C1c2ccccc2C(=O)c2c1c(C(=O)OCc1ccccc1)c1cc3ccccc3cn21. The fourth-order valence-corrected chi connectivity index (χ4v) is 4.52. The van der Waals surface area contributed by atoms with E-state index in [0.29, 0.717) is 16.6 Å². The minimum atomic E-state index is -0.631. The van der Waals surface area contributed by atoms with Crippen LogP contribution in [-0.4, -0.2) is 21.9 Å². The predicted molar refractivity (Wildman–Crippen MR) is 124 cm³/mol. The van der Waals surface area contributed by atoms with Crippen molar-refractivity contribution >= 4 is 33.8 Å². The summed E-state index contributed by atoms with van der Waals surface area (Å²) in [6.07, 6.45) is 1.80. The first kappa shape index (κ1) is 19.2. The molecular weight excluding hydrogens is 414 g/mol. The smallest absolute Gasteiger partial charge is 0.341 e. The molecule has 1 aliphatic carbocycles. The first-order valence-electron chi connectivity index (χ1n) is 10.6. The van der Waals surface area contributed by atoms with Crippen molar-refractivity contribution in [3.8, 4) is 0 Å². The number of benzene rings is 3. The molecule has 3 aromatic carbocycles. The van der Waals surface area contributed by atoms with Gasteiger partial charge in [-0.05, 0) is 22.4 Å². The van der Waals surface area contributed by atoms with Crippen molar-refractivity contribution in [2.75, 3.05) is 0 Å². The van der Waals surface area contributed by atoms with Gasteiger partial charge in [-0.3, -0.25) is 9.59 Å². The molecular formula is C28H17NO4. The van der Waals surface area contributed by atoms with Gasteiger partial charge in [-0.2, -0.15) is 0 Å².